The molecule has 0 saturated heterocycles. The molecule has 2 N–H and O–H groups in total. The Hall–Kier alpha value is -3.36. The number of fused-ring (bicyclic) bond motifs is 7. The molecule has 290 valence electrons. The van der Waals surface area contributed by atoms with Gasteiger partial charge in [-0.1, -0.05) is 54.5 Å². The van der Waals surface area contributed by atoms with E-state index in [2.05, 4.69) is 69.8 Å². The largest absolute Gasteiger partial charge is 0.481 e. The summed E-state index contributed by atoms with van der Waals surface area (Å²) in [6, 6.07) is 1.54. The van der Waals surface area contributed by atoms with Crippen LogP contribution in [0.5, 0.6) is 0 Å². The number of aliphatic carboxylic acids is 1. The molecule has 1 amide bonds. The lowest BCUT2D eigenvalue weighted by atomic mass is 9.33. The van der Waals surface area contributed by atoms with Crippen molar-refractivity contribution < 1.29 is 29.0 Å². The number of rotatable bonds is 9. The third-order valence-corrected chi connectivity index (χ3v) is 15.8. The molecule has 9 heteroatoms. The predicted molar refractivity (Wildman–Crippen MR) is 203 cm³/mol. The zero-order valence-electron chi connectivity index (χ0n) is 33.8. The number of amides is 1. The van der Waals surface area contributed by atoms with Gasteiger partial charge in [0.1, 0.15) is 12.4 Å². The molecule has 6 rings (SSSR count). The summed E-state index contributed by atoms with van der Waals surface area (Å²) in [5.74, 6) is -0.149. The van der Waals surface area contributed by atoms with E-state index < -0.39 is 22.8 Å². The molecule has 1 aromatic rings. The number of Topliss-reactive ketones (excluding diaryl/α,β-unsaturated/α-hetero) is 1. The zero-order valence-corrected chi connectivity index (χ0v) is 33.8. The highest BCUT2D eigenvalue weighted by Gasteiger charge is 2.70. The number of hydrogen-bond donors (Lipinski definition) is 2. The van der Waals surface area contributed by atoms with E-state index in [-0.39, 0.29) is 63.8 Å². The van der Waals surface area contributed by atoms with E-state index in [9.17, 15) is 24.3 Å². The van der Waals surface area contributed by atoms with Crippen LogP contribution in [0.2, 0.25) is 0 Å². The number of carboxylic acid groups (broad SMARTS) is 1. The number of ether oxygens (including phenoxy) is 1. The number of esters is 1. The van der Waals surface area contributed by atoms with E-state index in [1.807, 2.05) is 6.92 Å². The van der Waals surface area contributed by atoms with Crippen LogP contribution < -0.4 is 5.32 Å². The maximum atomic E-state index is 14.0. The van der Waals surface area contributed by atoms with Crippen molar-refractivity contribution in [1.82, 2.24) is 15.3 Å². The first-order valence-corrected chi connectivity index (χ1v) is 20.1. The van der Waals surface area contributed by atoms with Gasteiger partial charge in [0.05, 0.1) is 23.6 Å². The maximum Gasteiger partial charge on any atom is 0.309 e. The van der Waals surface area contributed by atoms with Crippen LogP contribution in [-0.2, 0) is 23.9 Å². The van der Waals surface area contributed by atoms with Crippen molar-refractivity contribution in [3.63, 3.8) is 0 Å². The molecule has 0 bridgehead atoms. The SMILES string of the molecule is CC(C)C1=C2[C@H]3CC[C@@H]4[C@@]5(C)CC[C@H](OC(=O)CC(C)(C)C(=O)O)C(C)(C)[C@@H]5CC[C@@]4(C)[C@]3(C)CC[C@@]2(C=CC(=O)N[C@@H](C)c2ccncn2)CC1=O. The van der Waals surface area contributed by atoms with Gasteiger partial charge >= 0.3 is 11.9 Å². The fraction of sp³-hybridized carbons (Fsp3) is 0.727. The van der Waals surface area contributed by atoms with Crippen LogP contribution in [0.4, 0.5) is 0 Å². The lowest BCUT2D eigenvalue weighted by Crippen LogP contribution is -2.65. The lowest BCUT2D eigenvalue weighted by molar-refractivity contribution is -0.232. The molecule has 5 aliphatic rings. The Labute approximate surface area is 316 Å². The van der Waals surface area contributed by atoms with Gasteiger partial charge in [0.25, 0.3) is 0 Å². The molecule has 0 spiro atoms. The van der Waals surface area contributed by atoms with E-state index in [0.29, 0.717) is 18.3 Å². The number of hydrogen-bond acceptors (Lipinski definition) is 7. The number of nitrogens with zero attached hydrogens (tertiary/aromatic N) is 2. The number of nitrogens with one attached hydrogen (secondary N) is 1. The molecule has 5 aliphatic carbocycles. The van der Waals surface area contributed by atoms with Crippen LogP contribution in [0, 0.1) is 56.2 Å². The number of carbonyl (C=O) groups excluding carboxylic acids is 3. The molecule has 9 atom stereocenters. The molecule has 9 nitrogen and oxygen atoms in total. The van der Waals surface area contributed by atoms with E-state index in [1.165, 1.54) is 11.9 Å². The second-order valence-corrected chi connectivity index (χ2v) is 19.8. The summed E-state index contributed by atoms with van der Waals surface area (Å²) in [7, 11) is 0. The quantitative estimate of drug-likeness (QED) is 0.191. The predicted octanol–water partition coefficient (Wildman–Crippen LogP) is 8.60. The maximum absolute atomic E-state index is 14.0. The summed E-state index contributed by atoms with van der Waals surface area (Å²) in [6.07, 6.45) is 14.8. The Balaban J connectivity index is 1.27. The zero-order chi connectivity index (χ0) is 38.9. The summed E-state index contributed by atoms with van der Waals surface area (Å²) < 4.78 is 6.16. The summed E-state index contributed by atoms with van der Waals surface area (Å²) >= 11 is 0. The van der Waals surface area contributed by atoms with Crippen LogP contribution in [0.1, 0.15) is 145 Å². The number of ketones is 1. The number of aromatic nitrogens is 2. The van der Waals surface area contributed by atoms with Gasteiger partial charge < -0.3 is 15.2 Å². The molecule has 4 saturated carbocycles. The first-order chi connectivity index (χ1) is 24.6. The number of carboxylic acids is 1. The molecular weight excluding hydrogens is 666 g/mol. The van der Waals surface area contributed by atoms with E-state index in [0.717, 1.165) is 62.6 Å². The summed E-state index contributed by atoms with van der Waals surface area (Å²) in [5, 5.41) is 12.7. The van der Waals surface area contributed by atoms with Crippen molar-refractivity contribution >= 4 is 23.6 Å². The Morgan fingerprint density at radius 1 is 0.981 bits per heavy atom. The van der Waals surface area contributed by atoms with Crippen molar-refractivity contribution in [3.8, 4) is 0 Å². The normalized spacial score (nSPS) is 37.0. The van der Waals surface area contributed by atoms with Gasteiger partial charge in [-0.2, -0.15) is 0 Å². The molecule has 1 aromatic heterocycles. The highest BCUT2D eigenvalue weighted by molar-refractivity contribution is 6.01. The average Bonchev–Trinajstić information content (AvgIpc) is 3.38. The molecule has 0 radical (unpaired) electrons. The monoisotopic (exact) mass is 729 g/mol. The average molecular weight is 730 g/mol. The van der Waals surface area contributed by atoms with E-state index in [4.69, 9.17) is 4.74 Å². The fourth-order valence-electron chi connectivity index (χ4n) is 12.8. The third kappa shape index (κ3) is 6.30. The fourth-order valence-corrected chi connectivity index (χ4v) is 12.8. The molecule has 4 fully saturated rings. The summed E-state index contributed by atoms with van der Waals surface area (Å²) in [6.45, 7) is 21.5. The van der Waals surface area contributed by atoms with Crippen LogP contribution in [0.25, 0.3) is 0 Å². The molecule has 0 unspecified atom stereocenters. The molecule has 1 heterocycles. The van der Waals surface area contributed by atoms with Crippen molar-refractivity contribution in [1.29, 1.82) is 0 Å². The van der Waals surface area contributed by atoms with E-state index >= 15 is 0 Å². The first kappa shape index (κ1) is 39.3. The Morgan fingerprint density at radius 3 is 2.34 bits per heavy atom. The Morgan fingerprint density at radius 2 is 1.70 bits per heavy atom. The van der Waals surface area contributed by atoms with Gasteiger partial charge in [-0.15, -0.1) is 0 Å². The lowest BCUT2D eigenvalue weighted by Gasteiger charge is -2.72. The van der Waals surface area contributed by atoms with Crippen molar-refractivity contribution in [2.24, 2.45) is 56.2 Å². The molecule has 0 aliphatic heterocycles. The van der Waals surface area contributed by atoms with Gasteiger partial charge in [0.2, 0.25) is 5.91 Å². The van der Waals surface area contributed by atoms with Crippen LogP contribution >= 0.6 is 0 Å². The minimum atomic E-state index is -1.17. The highest BCUT2D eigenvalue weighted by atomic mass is 16.5. The van der Waals surface area contributed by atoms with Crippen LogP contribution in [-0.4, -0.2) is 44.8 Å². The van der Waals surface area contributed by atoms with Crippen molar-refractivity contribution in [2.75, 3.05) is 0 Å². The second-order valence-electron chi connectivity index (χ2n) is 19.8. The molecule has 53 heavy (non-hydrogen) atoms. The summed E-state index contributed by atoms with van der Waals surface area (Å²) in [5.41, 5.74) is 1.28. The minimum absolute atomic E-state index is 0.0129. The van der Waals surface area contributed by atoms with Gasteiger partial charge in [0, 0.05) is 23.4 Å². The Kier molecular flexibility index (Phi) is 9.97. The van der Waals surface area contributed by atoms with E-state index in [1.54, 1.807) is 32.2 Å². The van der Waals surface area contributed by atoms with Gasteiger partial charge in [-0.3, -0.25) is 19.2 Å². The number of allylic oxidation sites excluding steroid dienone is 3. The number of carbonyl (C=O) groups is 4. The Bertz CT molecular complexity index is 1710. The van der Waals surface area contributed by atoms with Gasteiger partial charge in [0.15, 0.2) is 5.78 Å². The van der Waals surface area contributed by atoms with Crippen molar-refractivity contribution in [3.05, 3.63) is 47.6 Å². The first-order valence-electron chi connectivity index (χ1n) is 20.1. The van der Waals surface area contributed by atoms with Gasteiger partial charge in [-0.25, -0.2) is 9.97 Å². The molecule has 0 aromatic carbocycles. The summed E-state index contributed by atoms with van der Waals surface area (Å²) in [4.78, 5) is 60.4. The smallest absolute Gasteiger partial charge is 0.309 e. The van der Waals surface area contributed by atoms with Crippen LogP contribution in [0.3, 0.4) is 0 Å². The molecular formula is C44H63N3O6. The van der Waals surface area contributed by atoms with Gasteiger partial charge in [-0.05, 0) is 135 Å². The highest BCUT2D eigenvalue weighted by Crippen LogP contribution is 2.77. The van der Waals surface area contributed by atoms with Crippen molar-refractivity contribution in [2.45, 2.75) is 146 Å². The van der Waals surface area contributed by atoms with Crippen LogP contribution in [0.15, 0.2) is 41.9 Å². The standard InChI is InChI=1S/C44H63N3O6/c1-26(2)36-30(48)23-44(19-15-34(49)47-27(3)29-16-22-45-25-46-29)21-20-42(9)28(37(36)44)11-12-32-41(8)17-14-33(53-35(50)24-39(4,5)38(51)52)40(6,7)31(41)13-18-43(32,42)10/h15-16,19,22,25-28,31-33H,11-14,17-18,20-21,23-24H2,1-10H3,(H,47,49)(H,51,52)/t27-,28+,31-,32+,33-,41-,42+,43+,44-/m0/s1. The third-order valence-electron chi connectivity index (χ3n) is 15.8. The topological polar surface area (TPSA) is 136 Å². The second kappa shape index (κ2) is 13.4. The minimum Gasteiger partial charge on any atom is -0.481 e.